The van der Waals surface area contributed by atoms with Gasteiger partial charge < -0.3 is 14.6 Å². The third-order valence-corrected chi connectivity index (χ3v) is 4.73. The van der Waals surface area contributed by atoms with Gasteiger partial charge in [0.2, 0.25) is 0 Å². The molecule has 132 valence electrons. The van der Waals surface area contributed by atoms with E-state index < -0.39 is 11.5 Å². The minimum Gasteiger partial charge on any atom is -0.422 e. The van der Waals surface area contributed by atoms with E-state index in [0.29, 0.717) is 11.3 Å². The Bertz CT molecular complexity index is 986. The Hall–Kier alpha value is -3.08. The monoisotopic (exact) mass is 348 g/mol. The van der Waals surface area contributed by atoms with Crippen LogP contribution in [0, 0.1) is 0 Å². The molecule has 2 aromatic carbocycles. The average Bonchev–Trinajstić information content (AvgIpc) is 2.68. The predicted molar refractivity (Wildman–Crippen MR) is 103 cm³/mol. The van der Waals surface area contributed by atoms with Gasteiger partial charge in [-0.05, 0) is 55.7 Å². The van der Waals surface area contributed by atoms with Crippen LogP contribution >= 0.6 is 0 Å². The van der Waals surface area contributed by atoms with Crippen molar-refractivity contribution in [3.8, 4) is 0 Å². The van der Waals surface area contributed by atoms with Crippen LogP contribution in [0.1, 0.15) is 29.6 Å². The van der Waals surface area contributed by atoms with Crippen LogP contribution in [0.2, 0.25) is 0 Å². The number of fused-ring (bicyclic) bond motifs is 1. The van der Waals surface area contributed by atoms with Crippen LogP contribution in [0.3, 0.4) is 0 Å². The molecule has 26 heavy (non-hydrogen) atoms. The molecule has 5 nitrogen and oxygen atoms in total. The number of nitrogens with zero attached hydrogens (tertiary/aromatic N) is 1. The summed E-state index contributed by atoms with van der Waals surface area (Å²) in [6.45, 7) is 2.15. The Kier molecular flexibility index (Phi) is 4.44. The fourth-order valence-electron chi connectivity index (χ4n) is 3.33. The molecule has 1 N–H and O–H groups in total. The Morgan fingerprint density at radius 3 is 2.46 bits per heavy atom. The van der Waals surface area contributed by atoms with E-state index in [1.54, 1.807) is 18.2 Å². The number of para-hydroxylation sites is 1. The molecule has 4 rings (SSSR count). The number of carbonyl (C=O) groups is 1. The quantitative estimate of drug-likeness (QED) is 0.726. The van der Waals surface area contributed by atoms with E-state index in [9.17, 15) is 9.59 Å². The van der Waals surface area contributed by atoms with Gasteiger partial charge >= 0.3 is 5.63 Å². The lowest BCUT2D eigenvalue weighted by atomic mass is 10.1. The van der Waals surface area contributed by atoms with E-state index in [0.717, 1.165) is 24.2 Å². The van der Waals surface area contributed by atoms with Crippen LogP contribution in [0.4, 0.5) is 11.4 Å². The standard InChI is InChI=1S/C21H20N2O3/c24-20(18-14-15-6-2-3-7-19(15)26-21(18)25)22-16-8-10-17(11-9-16)23-12-4-1-5-13-23/h2-3,6-11,14H,1,4-5,12-13H2,(H,22,24). The van der Waals surface area contributed by atoms with Gasteiger partial charge in [-0.25, -0.2) is 4.79 Å². The van der Waals surface area contributed by atoms with Crippen molar-refractivity contribution in [3.05, 3.63) is 70.6 Å². The summed E-state index contributed by atoms with van der Waals surface area (Å²) < 4.78 is 5.23. The Balaban J connectivity index is 1.52. The number of hydrogen-bond donors (Lipinski definition) is 1. The number of benzene rings is 2. The third-order valence-electron chi connectivity index (χ3n) is 4.73. The smallest absolute Gasteiger partial charge is 0.349 e. The van der Waals surface area contributed by atoms with Gasteiger partial charge in [-0.15, -0.1) is 0 Å². The topological polar surface area (TPSA) is 62.6 Å². The van der Waals surface area contributed by atoms with Crippen molar-refractivity contribution in [1.82, 2.24) is 0 Å². The zero-order valence-corrected chi connectivity index (χ0v) is 14.4. The van der Waals surface area contributed by atoms with E-state index in [-0.39, 0.29) is 5.56 Å². The van der Waals surface area contributed by atoms with Crippen molar-refractivity contribution in [1.29, 1.82) is 0 Å². The summed E-state index contributed by atoms with van der Waals surface area (Å²) in [5.74, 6) is -0.463. The van der Waals surface area contributed by atoms with E-state index >= 15 is 0 Å². The summed E-state index contributed by atoms with van der Waals surface area (Å²) in [5.41, 5.74) is 1.66. The molecule has 1 amide bonds. The molecule has 1 saturated heterocycles. The first-order chi connectivity index (χ1) is 12.7. The average molecular weight is 348 g/mol. The fourth-order valence-corrected chi connectivity index (χ4v) is 3.33. The molecule has 1 aliphatic rings. The molecule has 1 aromatic heterocycles. The molecule has 0 unspecified atom stereocenters. The lowest BCUT2D eigenvalue weighted by Gasteiger charge is -2.28. The first-order valence-electron chi connectivity index (χ1n) is 8.90. The Morgan fingerprint density at radius 2 is 1.69 bits per heavy atom. The van der Waals surface area contributed by atoms with E-state index in [1.807, 2.05) is 36.4 Å². The summed E-state index contributed by atoms with van der Waals surface area (Å²) in [7, 11) is 0. The molecule has 1 aliphatic heterocycles. The number of amides is 1. The number of carbonyl (C=O) groups excluding carboxylic acids is 1. The lowest BCUT2D eigenvalue weighted by Crippen LogP contribution is -2.29. The van der Waals surface area contributed by atoms with Crippen molar-refractivity contribution in [2.45, 2.75) is 19.3 Å². The number of rotatable bonds is 3. The van der Waals surface area contributed by atoms with Crippen LogP contribution in [0.15, 0.2) is 63.8 Å². The molecule has 0 atom stereocenters. The highest BCUT2D eigenvalue weighted by molar-refractivity contribution is 6.05. The number of anilines is 2. The predicted octanol–water partition coefficient (Wildman–Crippen LogP) is 4.04. The highest BCUT2D eigenvalue weighted by Gasteiger charge is 2.15. The summed E-state index contributed by atoms with van der Waals surface area (Å²) in [5, 5.41) is 3.50. The maximum absolute atomic E-state index is 12.5. The zero-order chi connectivity index (χ0) is 17.9. The number of hydrogen-bond acceptors (Lipinski definition) is 4. The third kappa shape index (κ3) is 3.33. The summed E-state index contributed by atoms with van der Waals surface area (Å²) >= 11 is 0. The molecule has 3 aromatic rings. The van der Waals surface area contributed by atoms with Gasteiger partial charge in [0, 0.05) is 29.9 Å². The summed E-state index contributed by atoms with van der Waals surface area (Å²) in [4.78, 5) is 26.9. The second kappa shape index (κ2) is 7.04. The number of nitrogens with one attached hydrogen (secondary N) is 1. The first kappa shape index (κ1) is 16.4. The second-order valence-corrected chi connectivity index (χ2v) is 6.53. The van der Waals surface area contributed by atoms with Crippen molar-refractivity contribution >= 4 is 28.3 Å². The highest BCUT2D eigenvalue weighted by atomic mass is 16.4. The van der Waals surface area contributed by atoms with E-state index in [1.165, 1.54) is 19.3 Å². The SMILES string of the molecule is O=C(Nc1ccc(N2CCCCC2)cc1)c1cc2ccccc2oc1=O. The largest absolute Gasteiger partial charge is 0.422 e. The molecular weight excluding hydrogens is 328 g/mol. The minimum atomic E-state index is -0.633. The molecule has 0 bridgehead atoms. The Labute approximate surface area is 151 Å². The van der Waals surface area contributed by atoms with Crippen LogP contribution in [-0.2, 0) is 0 Å². The highest BCUT2D eigenvalue weighted by Crippen LogP contribution is 2.22. The van der Waals surface area contributed by atoms with Gasteiger partial charge in [0.05, 0.1) is 0 Å². The molecule has 0 spiro atoms. The van der Waals surface area contributed by atoms with Crippen molar-refractivity contribution in [2.75, 3.05) is 23.3 Å². The van der Waals surface area contributed by atoms with Gasteiger partial charge in [-0.2, -0.15) is 0 Å². The fraction of sp³-hybridized carbons (Fsp3) is 0.238. The van der Waals surface area contributed by atoms with Crippen LogP contribution < -0.4 is 15.8 Å². The van der Waals surface area contributed by atoms with E-state index in [4.69, 9.17) is 4.42 Å². The second-order valence-electron chi connectivity index (χ2n) is 6.53. The molecule has 1 fully saturated rings. The summed E-state index contributed by atoms with van der Waals surface area (Å²) in [6.07, 6.45) is 3.73. The van der Waals surface area contributed by atoms with E-state index in [2.05, 4.69) is 10.2 Å². The van der Waals surface area contributed by atoms with Crippen LogP contribution in [0.25, 0.3) is 11.0 Å². The molecule has 2 heterocycles. The Morgan fingerprint density at radius 1 is 0.962 bits per heavy atom. The van der Waals surface area contributed by atoms with Gasteiger partial charge in [-0.3, -0.25) is 4.79 Å². The van der Waals surface area contributed by atoms with Crippen molar-refractivity contribution in [2.24, 2.45) is 0 Å². The first-order valence-corrected chi connectivity index (χ1v) is 8.90. The molecule has 0 saturated carbocycles. The van der Waals surface area contributed by atoms with Crippen molar-refractivity contribution in [3.63, 3.8) is 0 Å². The van der Waals surface area contributed by atoms with Crippen LogP contribution in [0.5, 0.6) is 0 Å². The van der Waals surface area contributed by atoms with Gasteiger partial charge in [-0.1, -0.05) is 18.2 Å². The maximum Gasteiger partial charge on any atom is 0.349 e. The van der Waals surface area contributed by atoms with Crippen LogP contribution in [-0.4, -0.2) is 19.0 Å². The summed E-state index contributed by atoms with van der Waals surface area (Å²) in [6, 6.07) is 16.4. The molecule has 0 aliphatic carbocycles. The maximum atomic E-state index is 12.5. The molecule has 0 radical (unpaired) electrons. The minimum absolute atomic E-state index is 0.00353. The molecule has 5 heteroatoms. The lowest BCUT2D eigenvalue weighted by molar-refractivity contribution is 0.102. The molecular formula is C21H20N2O3. The zero-order valence-electron chi connectivity index (χ0n) is 14.4. The van der Waals surface area contributed by atoms with Gasteiger partial charge in [0.15, 0.2) is 0 Å². The number of piperidine rings is 1. The van der Waals surface area contributed by atoms with Gasteiger partial charge in [0.25, 0.3) is 5.91 Å². The van der Waals surface area contributed by atoms with Gasteiger partial charge in [0.1, 0.15) is 11.1 Å². The normalized spacial score (nSPS) is 14.4. The van der Waals surface area contributed by atoms with Crippen molar-refractivity contribution < 1.29 is 9.21 Å².